The first-order chi connectivity index (χ1) is 11.1. The third-order valence-corrected chi connectivity index (χ3v) is 6.56. The number of piperidine rings is 1. The monoisotopic (exact) mass is 378 g/mol. The molecule has 0 aromatic heterocycles. The lowest BCUT2D eigenvalue weighted by Gasteiger charge is -2.30. The second-order valence-electron chi connectivity index (χ2n) is 7.34. The quantitative estimate of drug-likeness (QED) is 0.847. The molecule has 1 spiro atoms. The highest BCUT2D eigenvalue weighted by Gasteiger charge is 2.57. The van der Waals surface area contributed by atoms with Crippen LogP contribution in [0.4, 0.5) is 4.79 Å². The van der Waals surface area contributed by atoms with E-state index in [9.17, 15) is 4.79 Å². The topological polar surface area (TPSA) is 52.6 Å². The Balaban J connectivity index is 1.32. The number of halogens is 1. The predicted octanol–water partition coefficient (Wildman–Crippen LogP) is 3.39. The molecule has 2 N–H and O–H groups in total. The van der Waals surface area contributed by atoms with E-state index in [0.29, 0.717) is 30.5 Å². The zero-order valence-corrected chi connectivity index (χ0v) is 14.8. The first-order valence-corrected chi connectivity index (χ1v) is 9.38. The van der Waals surface area contributed by atoms with Crippen LogP contribution >= 0.6 is 15.9 Å². The van der Waals surface area contributed by atoms with Crippen LogP contribution in [0.1, 0.15) is 36.8 Å². The molecule has 0 bridgehead atoms. The van der Waals surface area contributed by atoms with Crippen molar-refractivity contribution < 1.29 is 9.90 Å². The maximum absolute atomic E-state index is 11.0. The summed E-state index contributed by atoms with van der Waals surface area (Å²) < 4.78 is 1.18. The van der Waals surface area contributed by atoms with Crippen molar-refractivity contribution in [1.29, 1.82) is 0 Å². The number of rotatable bonds is 3. The Kier molecular flexibility index (Phi) is 3.88. The fourth-order valence-corrected chi connectivity index (χ4v) is 4.87. The molecular formula is C18H23BrN2O2. The molecule has 2 fully saturated rings. The van der Waals surface area contributed by atoms with Crippen LogP contribution in [0.15, 0.2) is 22.7 Å². The second kappa shape index (κ2) is 5.78. The number of nitrogens with zero attached hydrogens (tertiary/aromatic N) is 1. The van der Waals surface area contributed by atoms with Gasteiger partial charge in [-0.25, -0.2) is 4.79 Å². The van der Waals surface area contributed by atoms with E-state index in [1.165, 1.54) is 29.3 Å². The molecule has 1 aromatic carbocycles. The van der Waals surface area contributed by atoms with Gasteiger partial charge in [0.15, 0.2) is 0 Å². The Bertz CT molecular complexity index is 627. The molecule has 2 aliphatic carbocycles. The number of nitrogens with one attached hydrogen (secondary N) is 1. The number of amides is 1. The molecule has 23 heavy (non-hydrogen) atoms. The van der Waals surface area contributed by atoms with E-state index in [1.54, 1.807) is 10.5 Å². The van der Waals surface area contributed by atoms with Crippen molar-refractivity contribution in [2.45, 2.75) is 43.6 Å². The van der Waals surface area contributed by atoms with Crippen LogP contribution in [0, 0.1) is 5.92 Å². The highest BCUT2D eigenvalue weighted by atomic mass is 79.9. The lowest BCUT2D eigenvalue weighted by Crippen LogP contribution is -2.40. The number of hydrogen-bond acceptors (Lipinski definition) is 2. The van der Waals surface area contributed by atoms with Crippen molar-refractivity contribution >= 4 is 22.0 Å². The molecule has 4 nitrogen and oxygen atoms in total. The number of carboxylic acid groups (broad SMARTS) is 1. The fraction of sp³-hybridized carbons (Fsp3) is 0.611. The molecule has 1 amide bonds. The van der Waals surface area contributed by atoms with Gasteiger partial charge in [-0.3, -0.25) is 0 Å². The highest BCUT2D eigenvalue weighted by molar-refractivity contribution is 9.10. The van der Waals surface area contributed by atoms with E-state index in [-0.39, 0.29) is 0 Å². The van der Waals surface area contributed by atoms with Crippen LogP contribution in [0.2, 0.25) is 0 Å². The van der Waals surface area contributed by atoms with E-state index >= 15 is 0 Å². The largest absolute Gasteiger partial charge is 0.465 e. The van der Waals surface area contributed by atoms with Gasteiger partial charge in [-0.2, -0.15) is 0 Å². The van der Waals surface area contributed by atoms with Gasteiger partial charge in [0.1, 0.15) is 0 Å². The summed E-state index contributed by atoms with van der Waals surface area (Å²) in [5.74, 6) is 0.617. The minimum atomic E-state index is -0.773. The van der Waals surface area contributed by atoms with Crippen LogP contribution in [0.25, 0.3) is 0 Å². The van der Waals surface area contributed by atoms with Gasteiger partial charge in [-0.1, -0.05) is 22.0 Å². The van der Waals surface area contributed by atoms with E-state index in [2.05, 4.69) is 39.4 Å². The Morgan fingerprint density at radius 2 is 2.17 bits per heavy atom. The summed E-state index contributed by atoms with van der Waals surface area (Å²) in [6.45, 7) is 2.41. The van der Waals surface area contributed by atoms with Gasteiger partial charge in [0, 0.05) is 29.0 Å². The molecular weight excluding hydrogens is 356 g/mol. The van der Waals surface area contributed by atoms with Gasteiger partial charge in [-0.05, 0) is 67.8 Å². The summed E-state index contributed by atoms with van der Waals surface area (Å²) in [6.07, 6.45) is 4.93. The minimum absolute atomic E-state index is 0.376. The van der Waals surface area contributed by atoms with Gasteiger partial charge in [-0.15, -0.1) is 0 Å². The number of benzene rings is 1. The van der Waals surface area contributed by atoms with Crippen molar-refractivity contribution in [2.75, 3.05) is 19.6 Å². The smallest absolute Gasteiger partial charge is 0.407 e. The number of fused-ring (bicyclic) bond motifs is 2. The molecule has 0 unspecified atom stereocenters. The van der Waals surface area contributed by atoms with Crippen LogP contribution in [-0.4, -0.2) is 41.8 Å². The molecule has 1 aromatic rings. The lowest BCUT2D eigenvalue weighted by molar-refractivity contribution is 0.124. The van der Waals surface area contributed by atoms with Gasteiger partial charge < -0.3 is 15.3 Å². The SMILES string of the molecule is O=C(O)N1CCC(CN[C@@H]2C[C@@]23CCc2ccc(Br)cc23)CC1. The van der Waals surface area contributed by atoms with Crippen LogP contribution in [-0.2, 0) is 11.8 Å². The second-order valence-corrected chi connectivity index (χ2v) is 8.25. The lowest BCUT2D eigenvalue weighted by atomic mass is 9.95. The van der Waals surface area contributed by atoms with E-state index < -0.39 is 6.09 Å². The van der Waals surface area contributed by atoms with E-state index in [4.69, 9.17) is 5.11 Å². The van der Waals surface area contributed by atoms with Crippen LogP contribution in [0.3, 0.4) is 0 Å². The van der Waals surface area contributed by atoms with Gasteiger partial charge in [0.2, 0.25) is 0 Å². The minimum Gasteiger partial charge on any atom is -0.465 e. The van der Waals surface area contributed by atoms with Crippen LogP contribution in [0.5, 0.6) is 0 Å². The van der Waals surface area contributed by atoms with Gasteiger partial charge in [0.05, 0.1) is 0 Å². The van der Waals surface area contributed by atoms with E-state index in [0.717, 1.165) is 19.4 Å². The summed E-state index contributed by atoms with van der Waals surface area (Å²) >= 11 is 3.61. The first-order valence-electron chi connectivity index (χ1n) is 8.59. The molecule has 3 aliphatic rings. The zero-order chi connectivity index (χ0) is 16.0. The number of likely N-dealkylation sites (tertiary alicyclic amines) is 1. The normalized spacial score (nSPS) is 29.8. The Morgan fingerprint density at radius 1 is 1.39 bits per heavy atom. The third kappa shape index (κ3) is 2.78. The van der Waals surface area contributed by atoms with Crippen LogP contribution < -0.4 is 5.32 Å². The van der Waals surface area contributed by atoms with Crippen molar-refractivity contribution in [3.8, 4) is 0 Å². The molecule has 1 heterocycles. The summed E-state index contributed by atoms with van der Waals surface area (Å²) in [5, 5.41) is 12.8. The van der Waals surface area contributed by atoms with Gasteiger partial charge >= 0.3 is 6.09 Å². The van der Waals surface area contributed by atoms with Gasteiger partial charge in [0.25, 0.3) is 0 Å². The Labute approximate surface area is 145 Å². The maximum Gasteiger partial charge on any atom is 0.407 e. The first kappa shape index (κ1) is 15.5. The number of carbonyl (C=O) groups is 1. The summed E-state index contributed by atoms with van der Waals surface area (Å²) in [4.78, 5) is 12.5. The van der Waals surface area contributed by atoms with E-state index in [1.807, 2.05) is 0 Å². The molecule has 1 aliphatic heterocycles. The Morgan fingerprint density at radius 3 is 2.91 bits per heavy atom. The molecule has 5 heteroatoms. The number of aryl methyl sites for hydroxylation is 1. The summed E-state index contributed by atoms with van der Waals surface area (Å²) in [5.41, 5.74) is 3.44. The predicted molar refractivity (Wildman–Crippen MR) is 92.9 cm³/mol. The van der Waals surface area contributed by atoms with Crippen molar-refractivity contribution in [3.63, 3.8) is 0 Å². The number of hydrogen-bond donors (Lipinski definition) is 2. The molecule has 2 atom stereocenters. The maximum atomic E-state index is 11.0. The molecule has 1 saturated carbocycles. The summed E-state index contributed by atoms with van der Waals surface area (Å²) in [7, 11) is 0. The third-order valence-electron chi connectivity index (χ3n) is 6.06. The Hall–Kier alpha value is -1.07. The van der Waals surface area contributed by atoms with Crippen molar-refractivity contribution in [1.82, 2.24) is 10.2 Å². The summed E-state index contributed by atoms with van der Waals surface area (Å²) in [6, 6.07) is 7.34. The highest BCUT2D eigenvalue weighted by Crippen LogP contribution is 2.57. The standard InChI is InChI=1S/C18H23BrN2O2/c19-14-2-1-13-3-6-18(15(13)9-14)10-16(18)20-11-12-4-7-21(8-5-12)17(22)23/h1-2,9,12,16,20H,3-8,10-11H2,(H,22,23)/t16-,18-/m1/s1. The molecule has 0 radical (unpaired) electrons. The molecule has 4 rings (SSSR count). The average Bonchev–Trinajstić information content (AvgIpc) is 3.14. The fourth-order valence-electron chi connectivity index (χ4n) is 4.51. The molecule has 124 valence electrons. The average molecular weight is 379 g/mol. The zero-order valence-electron chi connectivity index (χ0n) is 13.2. The van der Waals surface area contributed by atoms with Crippen molar-refractivity contribution in [2.24, 2.45) is 5.92 Å². The molecule has 1 saturated heterocycles. The van der Waals surface area contributed by atoms with Crippen molar-refractivity contribution in [3.05, 3.63) is 33.8 Å².